The molecule has 10 heteroatoms. The van der Waals surface area contributed by atoms with Crippen molar-refractivity contribution >= 4 is 29.1 Å². The first kappa shape index (κ1) is 23.1. The lowest BCUT2D eigenvalue weighted by Gasteiger charge is -2.09. The molecular weight excluding hydrogens is 410 g/mol. The number of aromatic nitrogens is 1. The summed E-state index contributed by atoms with van der Waals surface area (Å²) in [6.07, 6.45) is 0.552. The van der Waals surface area contributed by atoms with Gasteiger partial charge in [0.1, 0.15) is 17.2 Å². The molecule has 0 spiro atoms. The molecule has 0 fully saturated rings. The number of nitrogens with zero attached hydrogens (tertiary/aromatic N) is 2. The number of hydrogen-bond acceptors (Lipinski definition) is 7. The summed E-state index contributed by atoms with van der Waals surface area (Å²) in [4.78, 5) is 40.7. The fraction of sp³-hybridized carbons (Fsp3) is 0.400. The number of amides is 2. The van der Waals surface area contributed by atoms with Gasteiger partial charge in [-0.15, -0.1) is 11.3 Å². The standard InChI is InChI=1S/C20H25N3O6S/c1-5-29-19(26)16-12-30-20(23(16)10-6-9-21-13(2)24)22-18(25)15-8-7-14(27-3)11-17(15)28-4/h7-8,11-12H,5-6,9-10H2,1-4H3,(H,21,24)/b22-20-. The Balaban J connectivity index is 2.39. The Kier molecular flexibility index (Phi) is 8.60. The third-order valence-electron chi connectivity index (χ3n) is 4.05. The molecule has 2 amide bonds. The molecule has 0 unspecified atom stereocenters. The highest BCUT2D eigenvalue weighted by Gasteiger charge is 2.17. The summed E-state index contributed by atoms with van der Waals surface area (Å²) in [5.41, 5.74) is 0.576. The van der Waals surface area contributed by atoms with E-state index in [0.717, 1.165) is 11.3 Å². The Labute approximate surface area is 178 Å². The highest BCUT2D eigenvalue weighted by molar-refractivity contribution is 7.07. The Morgan fingerprint density at radius 2 is 1.97 bits per heavy atom. The van der Waals surface area contributed by atoms with Crippen LogP contribution in [0.4, 0.5) is 0 Å². The lowest BCUT2D eigenvalue weighted by Crippen LogP contribution is -2.26. The quantitative estimate of drug-likeness (QED) is 0.477. The number of rotatable bonds is 9. The zero-order chi connectivity index (χ0) is 22.1. The molecule has 0 aliphatic heterocycles. The first-order chi connectivity index (χ1) is 14.4. The molecule has 0 radical (unpaired) electrons. The van der Waals surface area contributed by atoms with Gasteiger partial charge >= 0.3 is 5.97 Å². The minimum absolute atomic E-state index is 0.136. The van der Waals surface area contributed by atoms with E-state index in [9.17, 15) is 14.4 Å². The van der Waals surface area contributed by atoms with Crippen molar-refractivity contribution in [2.24, 2.45) is 4.99 Å². The number of esters is 1. The van der Waals surface area contributed by atoms with Crippen LogP contribution >= 0.6 is 11.3 Å². The molecule has 1 heterocycles. The number of nitrogens with one attached hydrogen (secondary N) is 1. The molecule has 162 valence electrons. The Hall–Kier alpha value is -3.14. The Bertz CT molecular complexity index is 979. The second-order valence-corrected chi connectivity index (χ2v) is 6.93. The summed E-state index contributed by atoms with van der Waals surface area (Å²) in [5, 5.41) is 4.31. The van der Waals surface area contributed by atoms with Crippen LogP contribution in [0.2, 0.25) is 0 Å². The summed E-state index contributed by atoms with van der Waals surface area (Å²) in [6.45, 7) is 4.19. The molecule has 1 aromatic carbocycles. The van der Waals surface area contributed by atoms with Crippen molar-refractivity contribution in [3.63, 3.8) is 0 Å². The van der Waals surface area contributed by atoms with Gasteiger partial charge in [-0.2, -0.15) is 4.99 Å². The van der Waals surface area contributed by atoms with Crippen LogP contribution in [0.25, 0.3) is 0 Å². The average Bonchev–Trinajstić information content (AvgIpc) is 3.13. The molecule has 2 rings (SSSR count). The lowest BCUT2D eigenvalue weighted by atomic mass is 10.2. The van der Waals surface area contributed by atoms with Gasteiger partial charge in [0.25, 0.3) is 5.91 Å². The van der Waals surface area contributed by atoms with Crippen LogP contribution in [0.3, 0.4) is 0 Å². The van der Waals surface area contributed by atoms with Crippen molar-refractivity contribution in [3.8, 4) is 11.5 Å². The Morgan fingerprint density at radius 1 is 1.20 bits per heavy atom. The second-order valence-electron chi connectivity index (χ2n) is 6.10. The molecule has 0 aliphatic rings. The van der Waals surface area contributed by atoms with Gasteiger partial charge in [0.2, 0.25) is 5.91 Å². The van der Waals surface area contributed by atoms with E-state index in [1.807, 2.05) is 0 Å². The van der Waals surface area contributed by atoms with Gasteiger partial charge in [0.15, 0.2) is 4.80 Å². The minimum atomic E-state index is -0.512. The van der Waals surface area contributed by atoms with Crippen LogP contribution in [0.1, 0.15) is 41.1 Å². The van der Waals surface area contributed by atoms with Crippen LogP contribution in [0.5, 0.6) is 11.5 Å². The van der Waals surface area contributed by atoms with E-state index < -0.39 is 11.9 Å². The van der Waals surface area contributed by atoms with E-state index in [-0.39, 0.29) is 18.1 Å². The molecule has 0 atom stereocenters. The van der Waals surface area contributed by atoms with Gasteiger partial charge in [0, 0.05) is 31.5 Å². The van der Waals surface area contributed by atoms with Gasteiger partial charge in [0.05, 0.1) is 26.4 Å². The monoisotopic (exact) mass is 435 g/mol. The van der Waals surface area contributed by atoms with Crippen LogP contribution in [0.15, 0.2) is 28.6 Å². The summed E-state index contributed by atoms with van der Waals surface area (Å²) in [6, 6.07) is 4.82. The van der Waals surface area contributed by atoms with Crippen molar-refractivity contribution in [1.29, 1.82) is 0 Å². The van der Waals surface area contributed by atoms with Crippen molar-refractivity contribution in [2.75, 3.05) is 27.4 Å². The minimum Gasteiger partial charge on any atom is -0.497 e. The summed E-state index contributed by atoms with van der Waals surface area (Å²) < 4.78 is 17.1. The SMILES string of the molecule is CCOC(=O)c1cs/c(=N\C(=O)c2ccc(OC)cc2OC)n1CCCNC(C)=O. The van der Waals surface area contributed by atoms with Crippen molar-refractivity contribution in [3.05, 3.63) is 39.6 Å². The van der Waals surface area contributed by atoms with E-state index in [1.54, 1.807) is 35.1 Å². The predicted molar refractivity (Wildman–Crippen MR) is 111 cm³/mol. The van der Waals surface area contributed by atoms with E-state index in [0.29, 0.717) is 41.5 Å². The van der Waals surface area contributed by atoms with Crippen LogP contribution in [-0.4, -0.2) is 49.7 Å². The Morgan fingerprint density at radius 3 is 2.60 bits per heavy atom. The van der Waals surface area contributed by atoms with Gasteiger partial charge in [-0.25, -0.2) is 4.79 Å². The molecule has 0 bridgehead atoms. The zero-order valence-electron chi connectivity index (χ0n) is 17.4. The third-order valence-corrected chi connectivity index (χ3v) is 4.91. The number of hydrogen-bond donors (Lipinski definition) is 1. The van der Waals surface area contributed by atoms with Crippen molar-refractivity contribution in [2.45, 2.75) is 26.8 Å². The lowest BCUT2D eigenvalue weighted by molar-refractivity contribution is -0.118. The number of methoxy groups -OCH3 is 2. The highest BCUT2D eigenvalue weighted by Crippen LogP contribution is 2.25. The molecule has 0 aliphatic carbocycles. The molecular formula is C20H25N3O6S. The van der Waals surface area contributed by atoms with Gasteiger partial charge in [-0.1, -0.05) is 0 Å². The van der Waals surface area contributed by atoms with Crippen LogP contribution in [0, 0.1) is 0 Å². The molecule has 2 aromatic rings. The summed E-state index contributed by atoms with van der Waals surface area (Å²) in [7, 11) is 2.98. The van der Waals surface area contributed by atoms with Gasteiger partial charge < -0.3 is 24.1 Å². The smallest absolute Gasteiger partial charge is 0.355 e. The first-order valence-electron chi connectivity index (χ1n) is 9.32. The average molecular weight is 436 g/mol. The molecule has 30 heavy (non-hydrogen) atoms. The van der Waals surface area contributed by atoms with E-state index in [4.69, 9.17) is 14.2 Å². The number of thiazole rings is 1. The number of ether oxygens (including phenoxy) is 3. The topological polar surface area (TPSA) is 108 Å². The summed E-state index contributed by atoms with van der Waals surface area (Å²) >= 11 is 1.16. The maximum atomic E-state index is 12.8. The van der Waals surface area contributed by atoms with E-state index in [2.05, 4.69) is 10.3 Å². The van der Waals surface area contributed by atoms with E-state index in [1.165, 1.54) is 21.1 Å². The molecule has 9 nitrogen and oxygen atoms in total. The number of benzene rings is 1. The number of carbonyl (C=O) groups excluding carboxylic acids is 3. The normalized spacial score (nSPS) is 11.1. The number of carbonyl (C=O) groups is 3. The molecule has 1 aromatic heterocycles. The van der Waals surface area contributed by atoms with Crippen LogP contribution < -0.4 is 19.6 Å². The fourth-order valence-electron chi connectivity index (χ4n) is 2.63. The largest absolute Gasteiger partial charge is 0.497 e. The van der Waals surface area contributed by atoms with Gasteiger partial charge in [-0.05, 0) is 25.5 Å². The third kappa shape index (κ3) is 5.93. The highest BCUT2D eigenvalue weighted by atomic mass is 32.1. The van der Waals surface area contributed by atoms with E-state index >= 15 is 0 Å². The van der Waals surface area contributed by atoms with Gasteiger partial charge in [-0.3, -0.25) is 9.59 Å². The van der Waals surface area contributed by atoms with Crippen molar-refractivity contribution < 1.29 is 28.6 Å². The first-order valence-corrected chi connectivity index (χ1v) is 10.2. The summed E-state index contributed by atoms with van der Waals surface area (Å²) in [5.74, 6) is -0.256. The molecule has 1 N–H and O–H groups in total. The predicted octanol–water partition coefficient (Wildman–Crippen LogP) is 2.01. The fourth-order valence-corrected chi connectivity index (χ4v) is 3.52. The molecule has 0 saturated heterocycles. The zero-order valence-corrected chi connectivity index (χ0v) is 18.2. The van der Waals surface area contributed by atoms with Crippen LogP contribution in [-0.2, 0) is 16.1 Å². The maximum absolute atomic E-state index is 12.8. The second kappa shape index (κ2) is 11.1. The van der Waals surface area contributed by atoms with Crippen molar-refractivity contribution in [1.82, 2.24) is 9.88 Å². The maximum Gasteiger partial charge on any atom is 0.355 e. The molecule has 0 saturated carbocycles.